The van der Waals surface area contributed by atoms with E-state index < -0.39 is 23.3 Å². The first kappa shape index (κ1) is 28.1. The molecule has 0 aliphatic carbocycles. The molecule has 0 spiro atoms. The number of rotatable bonds is 7. The lowest BCUT2D eigenvalue weighted by atomic mass is 9.73. The van der Waals surface area contributed by atoms with E-state index in [1.54, 1.807) is 29.7 Å². The van der Waals surface area contributed by atoms with Gasteiger partial charge in [0.15, 0.2) is 0 Å². The van der Waals surface area contributed by atoms with Crippen LogP contribution in [0, 0.1) is 23.1 Å². The summed E-state index contributed by atoms with van der Waals surface area (Å²) in [5.74, 6) is 5.49. The van der Waals surface area contributed by atoms with E-state index in [2.05, 4.69) is 21.7 Å². The maximum absolute atomic E-state index is 15.7. The van der Waals surface area contributed by atoms with Crippen molar-refractivity contribution in [2.24, 2.45) is 5.41 Å². The first-order valence-electron chi connectivity index (χ1n) is 12.1. The molecule has 1 unspecified atom stereocenters. The fraction of sp³-hybridized carbons (Fsp3) is 0.357. The van der Waals surface area contributed by atoms with Gasteiger partial charge >= 0.3 is 0 Å². The maximum atomic E-state index is 15.7. The molecule has 1 fully saturated rings. The highest BCUT2D eigenvalue weighted by Gasteiger charge is 2.41. The topological polar surface area (TPSA) is 74.7 Å². The van der Waals surface area contributed by atoms with Gasteiger partial charge in [-0.25, -0.2) is 14.3 Å². The predicted octanol–water partition coefficient (Wildman–Crippen LogP) is 6.12. The Hall–Kier alpha value is -2.96. The molecule has 1 amide bonds. The highest BCUT2D eigenvalue weighted by atomic mass is 35.5. The van der Waals surface area contributed by atoms with Crippen molar-refractivity contribution >= 4 is 40.0 Å². The van der Waals surface area contributed by atoms with Crippen molar-refractivity contribution in [3.05, 3.63) is 69.6 Å². The third-order valence-electron chi connectivity index (χ3n) is 7.05. The minimum atomic E-state index is -1.45. The number of hydrogen-bond donors (Lipinski definition) is 2. The summed E-state index contributed by atoms with van der Waals surface area (Å²) in [6.07, 6.45) is 1.04. The van der Waals surface area contributed by atoms with Crippen molar-refractivity contribution in [1.29, 1.82) is 0 Å². The lowest BCUT2D eigenvalue weighted by Gasteiger charge is -2.40. The second kappa shape index (κ2) is 12.3. The van der Waals surface area contributed by atoms with Gasteiger partial charge in [0.05, 0.1) is 29.6 Å². The van der Waals surface area contributed by atoms with Crippen molar-refractivity contribution in [2.75, 3.05) is 26.7 Å². The zero-order valence-electron chi connectivity index (χ0n) is 20.7. The molecule has 38 heavy (non-hydrogen) atoms. The maximum Gasteiger partial charge on any atom is 0.249 e. The molecule has 4 rings (SSSR count). The summed E-state index contributed by atoms with van der Waals surface area (Å²) in [5.41, 5.74) is 2.21. The largest absolute Gasteiger partial charge is 0.497 e. The fourth-order valence-corrected chi connectivity index (χ4v) is 5.38. The van der Waals surface area contributed by atoms with Crippen LogP contribution in [0.15, 0.2) is 42.6 Å². The smallest absolute Gasteiger partial charge is 0.249 e. The van der Waals surface area contributed by atoms with Crippen LogP contribution in [0.5, 0.6) is 5.75 Å². The molecular formula is C28H27Cl2F2N3O3. The molecule has 3 aromatic rings. The van der Waals surface area contributed by atoms with Crippen LogP contribution < -0.4 is 10.2 Å². The lowest BCUT2D eigenvalue weighted by molar-refractivity contribution is -0.143. The molecular weight excluding hydrogens is 535 g/mol. The normalized spacial score (nSPS) is 15.9. The van der Waals surface area contributed by atoms with Crippen molar-refractivity contribution in [3.8, 4) is 17.6 Å². The van der Waals surface area contributed by atoms with Crippen molar-refractivity contribution in [2.45, 2.75) is 31.9 Å². The molecule has 10 heteroatoms. The van der Waals surface area contributed by atoms with Gasteiger partial charge in [-0.15, -0.1) is 0 Å². The molecule has 2 heterocycles. The third kappa shape index (κ3) is 6.36. The average Bonchev–Trinajstić information content (AvgIpc) is 2.91. The van der Waals surface area contributed by atoms with Gasteiger partial charge in [-0.05, 0) is 62.1 Å². The Kier molecular flexibility index (Phi) is 9.06. The number of fused-ring (bicyclic) bond motifs is 1. The van der Waals surface area contributed by atoms with Gasteiger partial charge in [0.2, 0.25) is 5.91 Å². The number of hydroxylamine groups is 1. The average molecular weight is 562 g/mol. The van der Waals surface area contributed by atoms with E-state index in [0.717, 1.165) is 0 Å². The Morgan fingerprint density at radius 3 is 2.71 bits per heavy atom. The lowest BCUT2D eigenvalue weighted by Crippen LogP contribution is -2.48. The quantitative estimate of drug-likeness (QED) is 0.206. The summed E-state index contributed by atoms with van der Waals surface area (Å²) in [6.45, 7) is 1.47. The molecule has 0 saturated carbocycles. The molecule has 1 atom stereocenters. The van der Waals surface area contributed by atoms with Crippen LogP contribution in [0.25, 0.3) is 10.9 Å². The summed E-state index contributed by atoms with van der Waals surface area (Å²) in [5, 5.41) is 10.5. The minimum Gasteiger partial charge on any atom is -0.497 e. The first-order valence-corrected chi connectivity index (χ1v) is 12.9. The standard InChI is InChI=1S/C28H27Cl2F2N3O3/c1-38-21-4-5-25-22(16-21)26(23(30)17-33-25)24(32)6-7-28(27(36)34-37)8-11-35(12-9-28)10-2-3-18-13-19(29)15-20(31)14-18/h4-5,13-17,24,37H,6-12H2,1H3,(H,34,36). The van der Waals surface area contributed by atoms with E-state index in [-0.39, 0.29) is 22.9 Å². The number of carbonyl (C=O) groups is 1. The van der Waals surface area contributed by atoms with Crippen LogP contribution >= 0.6 is 23.2 Å². The molecule has 200 valence electrons. The van der Waals surface area contributed by atoms with Gasteiger partial charge in [0.25, 0.3) is 0 Å². The van der Waals surface area contributed by atoms with E-state index >= 15 is 4.39 Å². The SMILES string of the molecule is COc1ccc2ncc(Cl)c(C(F)CCC3(C(=O)NO)CCN(CC#Cc4cc(F)cc(Cl)c4)CC3)c2c1. The van der Waals surface area contributed by atoms with Crippen LogP contribution in [-0.2, 0) is 4.79 Å². The number of likely N-dealkylation sites (tertiary alicyclic amines) is 1. The van der Waals surface area contributed by atoms with Crippen molar-refractivity contribution in [1.82, 2.24) is 15.4 Å². The highest BCUT2D eigenvalue weighted by Crippen LogP contribution is 2.42. The number of carbonyl (C=O) groups excluding carboxylic acids is 1. The molecule has 2 N–H and O–H groups in total. The van der Waals surface area contributed by atoms with Crippen LogP contribution in [0.1, 0.15) is 43.0 Å². The van der Waals surface area contributed by atoms with Gasteiger partial charge in [-0.2, -0.15) is 0 Å². The van der Waals surface area contributed by atoms with Crippen LogP contribution in [-0.4, -0.2) is 47.7 Å². The number of nitrogens with zero attached hydrogens (tertiary/aromatic N) is 2. The molecule has 0 radical (unpaired) electrons. The predicted molar refractivity (Wildman–Crippen MR) is 143 cm³/mol. The number of hydrogen-bond acceptors (Lipinski definition) is 5. The number of pyridine rings is 1. The number of aromatic nitrogens is 1. The monoisotopic (exact) mass is 561 g/mol. The number of ether oxygens (including phenoxy) is 1. The fourth-order valence-electron chi connectivity index (χ4n) is 4.89. The van der Waals surface area contributed by atoms with E-state index in [0.29, 0.717) is 60.3 Å². The second-order valence-electron chi connectivity index (χ2n) is 9.37. The molecule has 6 nitrogen and oxygen atoms in total. The van der Waals surface area contributed by atoms with Gasteiger partial charge in [0.1, 0.15) is 17.7 Å². The van der Waals surface area contributed by atoms with Crippen molar-refractivity contribution < 1.29 is 23.5 Å². The summed E-state index contributed by atoms with van der Waals surface area (Å²) in [7, 11) is 1.53. The van der Waals surface area contributed by atoms with E-state index in [1.807, 2.05) is 0 Å². The highest BCUT2D eigenvalue weighted by molar-refractivity contribution is 6.32. The Balaban J connectivity index is 1.44. The van der Waals surface area contributed by atoms with Gasteiger partial charge in [-0.1, -0.05) is 35.0 Å². The summed E-state index contributed by atoms with van der Waals surface area (Å²) in [4.78, 5) is 19.1. The zero-order chi connectivity index (χ0) is 27.3. The second-order valence-corrected chi connectivity index (χ2v) is 10.2. The van der Waals surface area contributed by atoms with Crippen LogP contribution in [0.4, 0.5) is 8.78 Å². The number of nitrogens with one attached hydrogen (secondary N) is 1. The molecule has 1 saturated heterocycles. The van der Waals surface area contributed by atoms with Crippen LogP contribution in [0.3, 0.4) is 0 Å². The molecule has 1 aliphatic rings. The van der Waals surface area contributed by atoms with Gasteiger partial charge in [0, 0.05) is 40.8 Å². The summed E-state index contributed by atoms with van der Waals surface area (Å²) in [6, 6.07) is 9.30. The van der Waals surface area contributed by atoms with E-state index in [1.165, 1.54) is 25.4 Å². The Morgan fingerprint density at radius 1 is 1.26 bits per heavy atom. The van der Waals surface area contributed by atoms with Crippen LogP contribution in [0.2, 0.25) is 10.0 Å². The number of amides is 1. The number of piperidine rings is 1. The van der Waals surface area contributed by atoms with Gasteiger partial charge < -0.3 is 4.74 Å². The van der Waals surface area contributed by atoms with Crippen molar-refractivity contribution in [3.63, 3.8) is 0 Å². The summed E-state index contributed by atoms with van der Waals surface area (Å²) >= 11 is 12.2. The zero-order valence-corrected chi connectivity index (χ0v) is 22.3. The molecule has 2 aromatic carbocycles. The number of alkyl halides is 1. The summed E-state index contributed by atoms with van der Waals surface area (Å²) < 4.78 is 34.5. The van der Waals surface area contributed by atoms with E-state index in [9.17, 15) is 14.4 Å². The Bertz CT molecular complexity index is 1360. The number of halogens is 4. The molecule has 1 aliphatic heterocycles. The van der Waals surface area contributed by atoms with E-state index in [4.69, 9.17) is 27.9 Å². The minimum absolute atomic E-state index is 0.0313. The molecule has 0 bridgehead atoms. The number of benzene rings is 2. The molecule has 1 aromatic heterocycles. The number of methoxy groups -OCH3 is 1. The Morgan fingerprint density at radius 2 is 2.03 bits per heavy atom. The van der Waals surface area contributed by atoms with Gasteiger partial charge in [-0.3, -0.25) is 19.9 Å². The first-order chi connectivity index (χ1) is 18.2. The third-order valence-corrected chi connectivity index (χ3v) is 7.57. The Labute approximate surface area is 229 Å².